The summed E-state index contributed by atoms with van der Waals surface area (Å²) in [6.07, 6.45) is 0.910. The molecule has 1 N–H and O–H groups in total. The Morgan fingerprint density at radius 3 is 2.21 bits per heavy atom. The molecule has 2 fully saturated rings. The van der Waals surface area contributed by atoms with Crippen LogP contribution < -0.4 is 0 Å². The highest BCUT2D eigenvalue weighted by atomic mass is 16.6. The fraction of sp³-hybridized carbons (Fsp3) is 0.882. The van der Waals surface area contributed by atoms with Crippen LogP contribution in [0.2, 0.25) is 0 Å². The van der Waals surface area contributed by atoms with Gasteiger partial charge >= 0.3 is 12.2 Å². The molecular formula is C17H31N3O4. The fourth-order valence-electron chi connectivity index (χ4n) is 3.40. The fourth-order valence-corrected chi connectivity index (χ4v) is 3.40. The molecule has 2 amide bonds. The summed E-state index contributed by atoms with van der Waals surface area (Å²) in [5.41, 5.74) is -0.451. The van der Waals surface area contributed by atoms with Crippen LogP contribution in [0.15, 0.2) is 0 Å². The Kier molecular flexibility index (Phi) is 5.96. The topological polar surface area (TPSA) is 73.3 Å². The van der Waals surface area contributed by atoms with Crippen LogP contribution in [0.5, 0.6) is 0 Å². The van der Waals surface area contributed by atoms with E-state index in [0.29, 0.717) is 19.0 Å². The molecule has 7 nitrogen and oxygen atoms in total. The number of carbonyl (C=O) groups is 2. The maximum atomic E-state index is 12.1. The summed E-state index contributed by atoms with van der Waals surface area (Å²) < 4.78 is 5.43. The number of hydrogen-bond donors (Lipinski definition) is 1. The number of hydrogen-bond acceptors (Lipinski definition) is 4. The lowest BCUT2D eigenvalue weighted by atomic mass is 9.95. The maximum absolute atomic E-state index is 12.1. The molecule has 138 valence electrons. The van der Waals surface area contributed by atoms with Gasteiger partial charge in [-0.15, -0.1) is 0 Å². The molecule has 0 spiro atoms. The van der Waals surface area contributed by atoms with Gasteiger partial charge in [0.15, 0.2) is 0 Å². The summed E-state index contributed by atoms with van der Waals surface area (Å²) in [4.78, 5) is 28.8. The lowest BCUT2D eigenvalue weighted by molar-refractivity contribution is 0.0141. The molecule has 0 radical (unpaired) electrons. The van der Waals surface area contributed by atoms with Gasteiger partial charge < -0.3 is 19.6 Å². The average Bonchev–Trinajstić information content (AvgIpc) is 2.48. The predicted octanol–water partition coefficient (Wildman–Crippen LogP) is 2.32. The number of carboxylic acid groups (broad SMARTS) is 1. The summed E-state index contributed by atoms with van der Waals surface area (Å²) in [5, 5.41) is 9.08. The van der Waals surface area contributed by atoms with E-state index in [2.05, 4.69) is 11.8 Å². The van der Waals surface area contributed by atoms with Gasteiger partial charge in [0.1, 0.15) is 5.60 Å². The number of carbonyl (C=O) groups excluding carboxylic acids is 1. The molecule has 0 aromatic carbocycles. The third-order valence-electron chi connectivity index (χ3n) is 4.79. The van der Waals surface area contributed by atoms with Gasteiger partial charge in [0, 0.05) is 45.3 Å². The number of nitrogens with zero attached hydrogens (tertiary/aromatic N) is 3. The zero-order valence-electron chi connectivity index (χ0n) is 15.3. The van der Waals surface area contributed by atoms with Crippen LogP contribution in [0.25, 0.3) is 0 Å². The van der Waals surface area contributed by atoms with E-state index >= 15 is 0 Å². The molecule has 0 bridgehead atoms. The number of rotatable bonds is 2. The van der Waals surface area contributed by atoms with Crippen molar-refractivity contribution < 1.29 is 19.4 Å². The third-order valence-corrected chi connectivity index (χ3v) is 4.79. The molecule has 2 aliphatic heterocycles. The molecule has 7 heteroatoms. The minimum atomic E-state index is -0.827. The van der Waals surface area contributed by atoms with Crippen molar-refractivity contribution in [2.24, 2.45) is 5.92 Å². The van der Waals surface area contributed by atoms with Gasteiger partial charge in [0.05, 0.1) is 0 Å². The van der Waals surface area contributed by atoms with Crippen LogP contribution >= 0.6 is 0 Å². The first-order valence-corrected chi connectivity index (χ1v) is 8.85. The van der Waals surface area contributed by atoms with Crippen molar-refractivity contribution in [2.75, 3.05) is 39.3 Å². The summed E-state index contributed by atoms with van der Waals surface area (Å²) in [6, 6.07) is 0.249. The zero-order chi connectivity index (χ0) is 17.9. The summed E-state index contributed by atoms with van der Waals surface area (Å²) in [7, 11) is 0. The maximum Gasteiger partial charge on any atom is 0.410 e. The minimum Gasteiger partial charge on any atom is -0.465 e. The Labute approximate surface area is 144 Å². The minimum absolute atomic E-state index is 0.218. The summed E-state index contributed by atoms with van der Waals surface area (Å²) in [5.74, 6) is 0.558. The van der Waals surface area contributed by atoms with Crippen LogP contribution in [0.1, 0.15) is 40.5 Å². The molecule has 0 aliphatic carbocycles. The monoisotopic (exact) mass is 341 g/mol. The second-order valence-electron chi connectivity index (χ2n) is 7.98. The summed E-state index contributed by atoms with van der Waals surface area (Å²) in [6.45, 7) is 12.2. The molecule has 2 aliphatic rings. The van der Waals surface area contributed by atoms with E-state index < -0.39 is 11.7 Å². The standard InChI is InChI=1S/C17H31N3O4/c1-13-11-20(15(21)22)10-9-19(13)12-14-5-7-18(8-6-14)16(23)24-17(2,3)4/h13-14H,5-12H2,1-4H3,(H,21,22). The SMILES string of the molecule is CC1CN(C(=O)O)CCN1CC1CCN(C(=O)OC(C)(C)C)CC1. The van der Waals surface area contributed by atoms with Crippen LogP contribution in [0, 0.1) is 5.92 Å². The van der Waals surface area contributed by atoms with E-state index in [-0.39, 0.29) is 12.1 Å². The zero-order valence-corrected chi connectivity index (χ0v) is 15.3. The van der Waals surface area contributed by atoms with Gasteiger partial charge in [-0.2, -0.15) is 0 Å². The molecule has 1 unspecified atom stereocenters. The van der Waals surface area contributed by atoms with E-state index in [1.54, 1.807) is 4.90 Å². The Bertz CT molecular complexity index is 455. The van der Waals surface area contributed by atoms with Crippen molar-refractivity contribution >= 4 is 12.2 Å². The number of piperidine rings is 1. The van der Waals surface area contributed by atoms with Gasteiger partial charge in [-0.1, -0.05) is 0 Å². The first-order valence-electron chi connectivity index (χ1n) is 8.85. The Morgan fingerprint density at radius 2 is 1.71 bits per heavy atom. The van der Waals surface area contributed by atoms with Gasteiger partial charge in [-0.25, -0.2) is 9.59 Å². The number of piperazine rings is 1. The van der Waals surface area contributed by atoms with Crippen LogP contribution in [0.4, 0.5) is 9.59 Å². The number of ether oxygens (including phenoxy) is 1. The smallest absolute Gasteiger partial charge is 0.410 e. The molecule has 1 atom stereocenters. The molecule has 0 saturated carbocycles. The number of likely N-dealkylation sites (tertiary alicyclic amines) is 1. The molecule has 0 aromatic rings. The molecule has 2 rings (SSSR count). The summed E-state index contributed by atoms with van der Waals surface area (Å²) >= 11 is 0. The third kappa shape index (κ3) is 5.26. The van der Waals surface area contributed by atoms with E-state index in [9.17, 15) is 9.59 Å². The highest BCUT2D eigenvalue weighted by Gasteiger charge is 2.31. The van der Waals surface area contributed by atoms with E-state index in [1.165, 1.54) is 4.90 Å². The van der Waals surface area contributed by atoms with Gasteiger partial charge in [-0.05, 0) is 46.5 Å². The van der Waals surface area contributed by atoms with Gasteiger partial charge in [0.25, 0.3) is 0 Å². The van der Waals surface area contributed by atoms with Crippen LogP contribution in [-0.4, -0.2) is 82.9 Å². The Hall–Kier alpha value is -1.50. The lowest BCUT2D eigenvalue weighted by Crippen LogP contribution is -2.55. The highest BCUT2D eigenvalue weighted by Crippen LogP contribution is 2.22. The van der Waals surface area contributed by atoms with Crippen molar-refractivity contribution in [2.45, 2.75) is 52.2 Å². The van der Waals surface area contributed by atoms with Crippen molar-refractivity contribution in [3.05, 3.63) is 0 Å². The number of amides is 2. The van der Waals surface area contributed by atoms with Gasteiger partial charge in [-0.3, -0.25) is 4.90 Å². The largest absolute Gasteiger partial charge is 0.465 e. The predicted molar refractivity (Wildman–Crippen MR) is 91.2 cm³/mol. The molecule has 2 saturated heterocycles. The molecule has 0 aromatic heterocycles. The average molecular weight is 341 g/mol. The Balaban J connectivity index is 1.75. The first-order chi connectivity index (χ1) is 11.2. The lowest BCUT2D eigenvalue weighted by Gasteiger charge is -2.41. The highest BCUT2D eigenvalue weighted by molar-refractivity contribution is 5.68. The first kappa shape index (κ1) is 18.8. The van der Waals surface area contributed by atoms with E-state index in [0.717, 1.165) is 39.0 Å². The quantitative estimate of drug-likeness (QED) is 0.834. The van der Waals surface area contributed by atoms with E-state index in [1.807, 2.05) is 20.8 Å². The van der Waals surface area contributed by atoms with Gasteiger partial charge in [0.2, 0.25) is 0 Å². The van der Waals surface area contributed by atoms with Crippen molar-refractivity contribution in [1.82, 2.24) is 14.7 Å². The van der Waals surface area contributed by atoms with Crippen LogP contribution in [0.3, 0.4) is 0 Å². The van der Waals surface area contributed by atoms with Crippen LogP contribution in [-0.2, 0) is 4.74 Å². The van der Waals surface area contributed by atoms with Crippen molar-refractivity contribution in [3.63, 3.8) is 0 Å². The second-order valence-corrected chi connectivity index (χ2v) is 7.98. The van der Waals surface area contributed by atoms with Crippen molar-refractivity contribution in [3.8, 4) is 0 Å². The van der Waals surface area contributed by atoms with Crippen molar-refractivity contribution in [1.29, 1.82) is 0 Å². The normalized spacial score (nSPS) is 24.1. The second kappa shape index (κ2) is 7.59. The molecular weight excluding hydrogens is 310 g/mol. The Morgan fingerprint density at radius 1 is 1.08 bits per heavy atom. The molecule has 2 heterocycles. The molecule has 24 heavy (non-hydrogen) atoms. The van der Waals surface area contributed by atoms with E-state index in [4.69, 9.17) is 9.84 Å².